The second-order valence-electron chi connectivity index (χ2n) is 9.78. The van der Waals surface area contributed by atoms with Crippen LogP contribution in [0.1, 0.15) is 53.4 Å². The minimum absolute atomic E-state index is 0.0244. The summed E-state index contributed by atoms with van der Waals surface area (Å²) in [7, 11) is 1.66. The molecule has 1 aromatic heterocycles. The largest absolute Gasteiger partial charge is 0.497 e. The van der Waals surface area contributed by atoms with Gasteiger partial charge in [-0.15, -0.1) is 0 Å². The maximum Gasteiger partial charge on any atom is 0.254 e. The number of primary amides is 1. The lowest BCUT2D eigenvalue weighted by molar-refractivity contribution is -0.123. The van der Waals surface area contributed by atoms with Crippen LogP contribution in [0.25, 0.3) is 22.6 Å². The van der Waals surface area contributed by atoms with E-state index in [1.54, 1.807) is 7.11 Å². The van der Waals surface area contributed by atoms with Gasteiger partial charge in [0.25, 0.3) is 5.91 Å². The first kappa shape index (κ1) is 23.1. The average molecular weight is 470 g/mol. The van der Waals surface area contributed by atoms with Gasteiger partial charge in [0.05, 0.1) is 29.8 Å². The van der Waals surface area contributed by atoms with Crippen LogP contribution in [0.15, 0.2) is 48.5 Å². The second-order valence-corrected chi connectivity index (χ2v) is 9.78. The zero-order chi connectivity index (χ0) is 24.5. The Morgan fingerprint density at radius 2 is 1.89 bits per heavy atom. The smallest absolute Gasteiger partial charge is 0.254 e. The third-order valence-corrected chi connectivity index (χ3v) is 7.20. The van der Waals surface area contributed by atoms with Crippen LogP contribution in [-0.4, -0.2) is 41.9 Å². The summed E-state index contributed by atoms with van der Waals surface area (Å²) in [5.41, 5.74) is 11.3. The van der Waals surface area contributed by atoms with Crippen LogP contribution in [0.3, 0.4) is 0 Å². The zero-order valence-corrected chi connectivity index (χ0v) is 20.3. The lowest BCUT2D eigenvalue weighted by Crippen LogP contribution is -2.44. The van der Waals surface area contributed by atoms with E-state index in [0.29, 0.717) is 19.0 Å². The molecule has 2 aliphatic rings. The van der Waals surface area contributed by atoms with Gasteiger partial charge in [-0.3, -0.25) is 9.59 Å². The summed E-state index contributed by atoms with van der Waals surface area (Å²) >= 11 is 0. The first-order valence-electron chi connectivity index (χ1n) is 12.3. The highest BCUT2D eigenvalue weighted by Gasteiger charge is 2.33. The quantitative estimate of drug-likeness (QED) is 0.600. The summed E-state index contributed by atoms with van der Waals surface area (Å²) in [5.74, 6) is 0.547. The van der Waals surface area contributed by atoms with Crippen molar-refractivity contribution in [1.29, 1.82) is 0 Å². The second kappa shape index (κ2) is 9.53. The number of pyridine rings is 1. The van der Waals surface area contributed by atoms with Crippen molar-refractivity contribution in [1.82, 2.24) is 9.88 Å². The van der Waals surface area contributed by atoms with Gasteiger partial charge >= 0.3 is 0 Å². The summed E-state index contributed by atoms with van der Waals surface area (Å²) in [6.45, 7) is 3.24. The molecule has 6 nitrogen and oxygen atoms in total. The topological polar surface area (TPSA) is 85.5 Å². The summed E-state index contributed by atoms with van der Waals surface area (Å²) in [6, 6.07) is 15.8. The molecule has 1 fully saturated rings. The van der Waals surface area contributed by atoms with Crippen LogP contribution in [0.4, 0.5) is 0 Å². The number of ether oxygens (including phenoxy) is 1. The van der Waals surface area contributed by atoms with E-state index in [-0.39, 0.29) is 17.7 Å². The Morgan fingerprint density at radius 3 is 2.63 bits per heavy atom. The van der Waals surface area contributed by atoms with Crippen LogP contribution in [0, 0.1) is 11.8 Å². The number of hydrogen-bond acceptors (Lipinski definition) is 4. The molecule has 2 heterocycles. The number of amides is 2. The molecule has 35 heavy (non-hydrogen) atoms. The Morgan fingerprint density at radius 1 is 1.11 bits per heavy atom. The number of aromatic nitrogens is 1. The third-order valence-electron chi connectivity index (χ3n) is 7.20. The minimum Gasteiger partial charge on any atom is -0.497 e. The van der Waals surface area contributed by atoms with E-state index in [9.17, 15) is 9.59 Å². The van der Waals surface area contributed by atoms with Crippen molar-refractivity contribution in [2.24, 2.45) is 17.6 Å². The zero-order valence-electron chi connectivity index (χ0n) is 20.3. The van der Waals surface area contributed by atoms with Crippen molar-refractivity contribution >= 4 is 34.4 Å². The maximum atomic E-state index is 14.0. The fourth-order valence-electron chi connectivity index (χ4n) is 5.43. The van der Waals surface area contributed by atoms with Gasteiger partial charge in [0, 0.05) is 18.5 Å². The normalized spacial score (nSPS) is 21.1. The van der Waals surface area contributed by atoms with Crippen LogP contribution in [-0.2, 0) is 11.2 Å². The number of nitrogens with two attached hydrogens (primary N) is 1. The predicted octanol–water partition coefficient (Wildman–Crippen LogP) is 4.70. The molecule has 1 aliphatic heterocycles. The van der Waals surface area contributed by atoms with Crippen molar-refractivity contribution in [3.63, 3.8) is 0 Å². The van der Waals surface area contributed by atoms with Gasteiger partial charge in [-0.05, 0) is 72.6 Å². The Balaban J connectivity index is 1.64. The monoisotopic (exact) mass is 469 g/mol. The number of nitrogens with zero attached hydrogens (tertiary/aromatic N) is 2. The van der Waals surface area contributed by atoms with E-state index in [1.807, 2.05) is 53.4 Å². The van der Waals surface area contributed by atoms with Gasteiger partial charge in [-0.25, -0.2) is 4.98 Å². The molecule has 0 saturated carbocycles. The molecule has 6 heteroatoms. The van der Waals surface area contributed by atoms with Crippen molar-refractivity contribution in [2.45, 2.75) is 32.6 Å². The first-order chi connectivity index (χ1) is 16.9. The Labute approximate surface area is 205 Å². The van der Waals surface area contributed by atoms with Gasteiger partial charge in [0.15, 0.2) is 0 Å². The molecule has 2 amide bonds. The maximum absolute atomic E-state index is 14.0. The summed E-state index contributed by atoms with van der Waals surface area (Å²) < 4.78 is 5.30. The molecule has 2 unspecified atom stereocenters. The molecular weight excluding hydrogens is 438 g/mol. The van der Waals surface area contributed by atoms with Gasteiger partial charge in [-0.2, -0.15) is 0 Å². The number of carbonyl (C=O) groups excluding carboxylic acids is 2. The Bertz CT molecular complexity index is 1310. The number of methoxy groups -OCH3 is 1. The number of likely N-dealkylation sites (tertiary alicyclic amines) is 1. The van der Waals surface area contributed by atoms with E-state index < -0.39 is 0 Å². The third kappa shape index (κ3) is 4.53. The predicted molar refractivity (Wildman–Crippen MR) is 138 cm³/mol. The minimum atomic E-state index is -0.331. The molecular formula is C29H31N3O3. The summed E-state index contributed by atoms with van der Waals surface area (Å²) in [5, 5.41) is 0.871. The molecule has 0 radical (unpaired) electrons. The highest BCUT2D eigenvalue weighted by molar-refractivity contribution is 6.09. The Hall–Kier alpha value is -3.67. The average Bonchev–Trinajstić information content (AvgIpc) is 2.87. The molecule has 2 N–H and O–H groups in total. The van der Waals surface area contributed by atoms with Crippen LogP contribution >= 0.6 is 0 Å². The lowest BCUT2D eigenvalue weighted by Gasteiger charge is -2.33. The number of piperidine rings is 1. The molecule has 180 valence electrons. The molecule has 3 aromatic rings. The van der Waals surface area contributed by atoms with Crippen LogP contribution in [0.5, 0.6) is 5.75 Å². The fourth-order valence-corrected chi connectivity index (χ4v) is 5.43. The molecule has 2 aromatic carbocycles. The number of carbonyl (C=O) groups is 2. The standard InChI is InChI=1S/C29H31N3O3/c1-18-14-21(16-19-9-11-22(35-2)12-10-19)27-24(15-18)26(23-7-3-4-8-25(23)31-27)29(34)32-13-5-6-20(17-32)28(30)33/h3-4,7-12,16,18,20H,5-6,13-15,17H2,1-2H3,(H2,30,33)/b21-16+. The number of fused-ring (bicyclic) bond motifs is 2. The van der Waals surface area contributed by atoms with Crippen molar-refractivity contribution in [2.75, 3.05) is 20.2 Å². The fraction of sp³-hybridized carbons (Fsp3) is 0.345. The van der Waals surface area contributed by atoms with Crippen LogP contribution in [0.2, 0.25) is 0 Å². The van der Waals surface area contributed by atoms with Crippen molar-refractivity contribution < 1.29 is 14.3 Å². The van der Waals surface area contributed by atoms with E-state index in [4.69, 9.17) is 15.5 Å². The molecule has 1 aliphatic carbocycles. The number of hydrogen-bond donors (Lipinski definition) is 1. The van der Waals surface area contributed by atoms with Crippen molar-refractivity contribution in [3.05, 3.63) is 70.9 Å². The SMILES string of the molecule is COc1ccc(/C=C2\CC(C)Cc3c2nc2ccccc2c3C(=O)N2CCCC(C(N)=O)C2)cc1. The highest BCUT2D eigenvalue weighted by atomic mass is 16.5. The van der Waals surface area contributed by atoms with Gasteiger partial charge in [0.1, 0.15) is 5.75 Å². The molecule has 1 saturated heterocycles. The van der Waals surface area contributed by atoms with E-state index >= 15 is 0 Å². The number of benzene rings is 2. The van der Waals surface area contributed by atoms with Gasteiger partial charge in [0.2, 0.25) is 5.91 Å². The number of para-hydroxylation sites is 1. The summed E-state index contributed by atoms with van der Waals surface area (Å²) in [4.78, 5) is 32.7. The molecule has 5 rings (SSSR count). The summed E-state index contributed by atoms with van der Waals surface area (Å²) in [6.07, 6.45) is 5.38. The molecule has 2 atom stereocenters. The Kier molecular flexibility index (Phi) is 6.29. The number of rotatable bonds is 4. The van der Waals surface area contributed by atoms with Gasteiger partial charge in [-0.1, -0.05) is 37.3 Å². The number of allylic oxidation sites excluding steroid dienone is 1. The lowest BCUT2D eigenvalue weighted by atomic mass is 9.80. The van der Waals surface area contributed by atoms with E-state index in [2.05, 4.69) is 13.0 Å². The molecule has 0 bridgehead atoms. The van der Waals surface area contributed by atoms with Gasteiger partial charge < -0.3 is 15.4 Å². The highest BCUT2D eigenvalue weighted by Crippen LogP contribution is 2.39. The molecule has 0 spiro atoms. The van der Waals surface area contributed by atoms with Crippen molar-refractivity contribution in [3.8, 4) is 5.75 Å². The van der Waals surface area contributed by atoms with E-state index in [1.165, 1.54) is 0 Å². The van der Waals surface area contributed by atoms with E-state index in [0.717, 1.165) is 70.3 Å². The van der Waals surface area contributed by atoms with Crippen LogP contribution < -0.4 is 10.5 Å². The first-order valence-corrected chi connectivity index (χ1v) is 12.3.